The Hall–Kier alpha value is -2.70. The zero-order valence-corrected chi connectivity index (χ0v) is 17.4. The fraction of sp³-hybridized carbons (Fsp3) is 0.348. The van der Waals surface area contributed by atoms with E-state index in [0.717, 1.165) is 50.1 Å². The predicted molar refractivity (Wildman–Crippen MR) is 115 cm³/mol. The quantitative estimate of drug-likeness (QED) is 0.630. The summed E-state index contributed by atoms with van der Waals surface area (Å²) in [7, 11) is 0. The number of carbonyl (C=O) groups is 1. The summed E-state index contributed by atoms with van der Waals surface area (Å²) in [6, 6.07) is 15.7. The van der Waals surface area contributed by atoms with E-state index in [1.54, 1.807) is 0 Å². The Morgan fingerprint density at radius 3 is 2.67 bits per heavy atom. The summed E-state index contributed by atoms with van der Waals surface area (Å²) in [6.45, 7) is 3.07. The van der Waals surface area contributed by atoms with Crippen molar-refractivity contribution in [1.29, 1.82) is 0 Å². The highest BCUT2D eigenvalue weighted by Crippen LogP contribution is 2.31. The van der Waals surface area contributed by atoms with Crippen LogP contribution in [0.3, 0.4) is 0 Å². The van der Waals surface area contributed by atoms with Crippen molar-refractivity contribution in [2.45, 2.75) is 25.8 Å². The highest BCUT2D eigenvalue weighted by atomic mass is 35.5. The summed E-state index contributed by atoms with van der Waals surface area (Å²) >= 11 is 6.22. The Labute approximate surface area is 180 Å². The molecule has 3 heterocycles. The van der Waals surface area contributed by atoms with E-state index < -0.39 is 0 Å². The Morgan fingerprint density at radius 1 is 1.07 bits per heavy atom. The van der Waals surface area contributed by atoms with Crippen molar-refractivity contribution in [2.24, 2.45) is 5.92 Å². The first kappa shape index (κ1) is 19.3. The van der Waals surface area contributed by atoms with Gasteiger partial charge in [-0.05, 0) is 56.1 Å². The first-order chi connectivity index (χ1) is 14.7. The summed E-state index contributed by atoms with van der Waals surface area (Å²) in [6.07, 6.45) is 2.65. The number of rotatable bonds is 4. The first-order valence-corrected chi connectivity index (χ1v) is 10.8. The summed E-state index contributed by atoms with van der Waals surface area (Å²) in [5.41, 5.74) is 3.13. The largest absolute Gasteiger partial charge is 0.338 e. The summed E-state index contributed by atoms with van der Waals surface area (Å²) in [5, 5.41) is 4.68. The van der Waals surface area contributed by atoms with E-state index in [1.807, 2.05) is 41.3 Å². The number of hydrogen-bond acceptors (Lipinski definition) is 5. The van der Waals surface area contributed by atoms with Crippen LogP contribution in [-0.4, -0.2) is 40.6 Å². The molecule has 0 radical (unpaired) electrons. The van der Waals surface area contributed by atoms with Crippen molar-refractivity contribution >= 4 is 23.2 Å². The maximum Gasteiger partial charge on any atom is 0.241 e. The smallest absolute Gasteiger partial charge is 0.241 e. The van der Waals surface area contributed by atoms with E-state index in [0.29, 0.717) is 23.3 Å². The van der Waals surface area contributed by atoms with Gasteiger partial charge in [0.05, 0.1) is 11.6 Å². The molecule has 3 aromatic rings. The molecule has 0 N–H and O–H groups in total. The van der Waals surface area contributed by atoms with Crippen molar-refractivity contribution in [1.82, 2.24) is 15.0 Å². The van der Waals surface area contributed by atoms with Crippen LogP contribution < -0.4 is 4.90 Å². The van der Waals surface area contributed by atoms with Crippen molar-refractivity contribution in [3.05, 3.63) is 65.0 Å². The third-order valence-electron chi connectivity index (χ3n) is 6.03. The standard InChI is InChI=1S/C23H23ClN4O2/c24-19-7-3-2-6-18(19)22-25-21(30-26-22)15-27-12-9-17(10-13-27)23(29)28-14-11-16-5-1-4-8-20(16)28/h1-8,17H,9-15H2. The Bertz CT molecular complexity index is 1060. The number of nitrogens with zero attached hydrogens (tertiary/aromatic N) is 4. The van der Waals surface area contributed by atoms with Crippen LogP contribution >= 0.6 is 11.6 Å². The van der Waals surface area contributed by atoms with Gasteiger partial charge in [-0.3, -0.25) is 9.69 Å². The van der Waals surface area contributed by atoms with Crippen LogP contribution in [0.25, 0.3) is 11.4 Å². The number of piperidine rings is 1. The molecule has 5 rings (SSSR count). The topological polar surface area (TPSA) is 62.5 Å². The van der Waals surface area contributed by atoms with Crippen LogP contribution in [0.5, 0.6) is 0 Å². The zero-order valence-electron chi connectivity index (χ0n) is 16.6. The molecule has 154 valence electrons. The molecule has 1 saturated heterocycles. The maximum atomic E-state index is 13.1. The number of benzene rings is 2. The molecule has 0 saturated carbocycles. The van der Waals surface area contributed by atoms with Gasteiger partial charge in [-0.2, -0.15) is 4.98 Å². The number of hydrogen-bond donors (Lipinski definition) is 0. The number of halogens is 1. The zero-order chi connectivity index (χ0) is 20.5. The van der Waals surface area contributed by atoms with Gasteiger partial charge in [-0.1, -0.05) is 47.1 Å². The van der Waals surface area contributed by atoms with Crippen molar-refractivity contribution in [2.75, 3.05) is 24.5 Å². The number of para-hydroxylation sites is 1. The average Bonchev–Trinajstić information content (AvgIpc) is 3.41. The minimum absolute atomic E-state index is 0.0776. The van der Waals surface area contributed by atoms with E-state index in [9.17, 15) is 4.79 Å². The van der Waals surface area contributed by atoms with Crippen LogP contribution in [0, 0.1) is 5.92 Å². The lowest BCUT2D eigenvalue weighted by Gasteiger charge is -2.32. The molecule has 30 heavy (non-hydrogen) atoms. The predicted octanol–water partition coefficient (Wildman–Crippen LogP) is 4.19. The molecule has 0 aliphatic carbocycles. The minimum atomic E-state index is 0.0776. The molecule has 0 spiro atoms. The van der Waals surface area contributed by atoms with E-state index in [2.05, 4.69) is 27.2 Å². The third kappa shape index (κ3) is 3.73. The van der Waals surface area contributed by atoms with Gasteiger partial charge in [0.25, 0.3) is 0 Å². The van der Waals surface area contributed by atoms with Gasteiger partial charge < -0.3 is 9.42 Å². The molecular formula is C23H23ClN4O2. The van der Waals surface area contributed by atoms with Crippen molar-refractivity contribution in [3.63, 3.8) is 0 Å². The number of likely N-dealkylation sites (tertiary alicyclic amines) is 1. The van der Waals surface area contributed by atoms with Gasteiger partial charge in [-0.25, -0.2) is 0 Å². The number of aromatic nitrogens is 2. The van der Waals surface area contributed by atoms with E-state index >= 15 is 0 Å². The van der Waals surface area contributed by atoms with Crippen LogP contribution in [0.1, 0.15) is 24.3 Å². The Kier molecular flexibility index (Phi) is 5.27. The molecule has 2 aromatic carbocycles. The second-order valence-electron chi connectivity index (χ2n) is 7.91. The van der Waals surface area contributed by atoms with Gasteiger partial charge >= 0.3 is 0 Å². The fourth-order valence-corrected chi connectivity index (χ4v) is 4.61. The number of carbonyl (C=O) groups excluding carboxylic acids is 1. The molecule has 6 nitrogen and oxygen atoms in total. The second-order valence-corrected chi connectivity index (χ2v) is 8.32. The van der Waals surface area contributed by atoms with Crippen LogP contribution in [0.15, 0.2) is 53.1 Å². The fourth-order valence-electron chi connectivity index (χ4n) is 4.39. The van der Waals surface area contributed by atoms with Gasteiger partial charge in [0.2, 0.25) is 17.6 Å². The van der Waals surface area contributed by atoms with Crippen LogP contribution in [0.4, 0.5) is 5.69 Å². The van der Waals surface area contributed by atoms with Crippen LogP contribution in [0.2, 0.25) is 5.02 Å². The van der Waals surface area contributed by atoms with E-state index in [1.165, 1.54) is 5.56 Å². The molecular weight excluding hydrogens is 400 g/mol. The van der Waals surface area contributed by atoms with Crippen LogP contribution in [-0.2, 0) is 17.8 Å². The first-order valence-electron chi connectivity index (χ1n) is 10.4. The SMILES string of the molecule is O=C(C1CCN(Cc2nc(-c3ccccc3Cl)no2)CC1)N1CCc2ccccc21. The monoisotopic (exact) mass is 422 g/mol. The molecule has 2 aliphatic heterocycles. The molecule has 0 bridgehead atoms. The highest BCUT2D eigenvalue weighted by Gasteiger charge is 2.32. The molecule has 1 fully saturated rings. The molecule has 1 amide bonds. The third-order valence-corrected chi connectivity index (χ3v) is 6.36. The Balaban J connectivity index is 1.18. The number of fused-ring (bicyclic) bond motifs is 1. The molecule has 7 heteroatoms. The number of anilines is 1. The average molecular weight is 423 g/mol. The highest BCUT2D eigenvalue weighted by molar-refractivity contribution is 6.33. The van der Waals surface area contributed by atoms with Gasteiger partial charge in [-0.15, -0.1) is 0 Å². The second kappa shape index (κ2) is 8.20. The minimum Gasteiger partial charge on any atom is -0.338 e. The van der Waals surface area contributed by atoms with Crippen molar-refractivity contribution in [3.8, 4) is 11.4 Å². The summed E-state index contributed by atoms with van der Waals surface area (Å²) < 4.78 is 5.43. The number of amides is 1. The Morgan fingerprint density at radius 2 is 1.83 bits per heavy atom. The molecule has 1 aromatic heterocycles. The lowest BCUT2D eigenvalue weighted by molar-refractivity contribution is -0.123. The van der Waals surface area contributed by atoms with E-state index in [-0.39, 0.29) is 11.8 Å². The summed E-state index contributed by atoms with van der Waals surface area (Å²) in [4.78, 5) is 21.8. The molecule has 0 atom stereocenters. The molecule has 2 aliphatic rings. The van der Waals surface area contributed by atoms with Crippen molar-refractivity contribution < 1.29 is 9.32 Å². The van der Waals surface area contributed by atoms with Gasteiger partial charge in [0.15, 0.2) is 0 Å². The van der Waals surface area contributed by atoms with E-state index in [4.69, 9.17) is 16.1 Å². The lowest BCUT2D eigenvalue weighted by Crippen LogP contribution is -2.42. The van der Waals surface area contributed by atoms with Gasteiger partial charge in [0, 0.05) is 23.7 Å². The maximum absolute atomic E-state index is 13.1. The summed E-state index contributed by atoms with van der Waals surface area (Å²) in [5.74, 6) is 1.42. The van der Waals surface area contributed by atoms with Gasteiger partial charge in [0.1, 0.15) is 0 Å². The molecule has 0 unspecified atom stereocenters. The normalized spacial score (nSPS) is 17.3. The lowest BCUT2D eigenvalue weighted by atomic mass is 9.95.